The average Bonchev–Trinajstić information content (AvgIpc) is 2.64. The van der Waals surface area contributed by atoms with Crippen LogP contribution in [0.4, 0.5) is 11.4 Å². The molecule has 4 rings (SSSR count). The fourth-order valence-electron chi connectivity index (χ4n) is 2.88. The molecule has 0 radical (unpaired) electrons. The van der Waals surface area contributed by atoms with Gasteiger partial charge in [0.1, 0.15) is 12.3 Å². The van der Waals surface area contributed by atoms with Crippen LogP contribution in [0, 0.1) is 0 Å². The summed E-state index contributed by atoms with van der Waals surface area (Å²) in [5, 5.41) is 0. The summed E-state index contributed by atoms with van der Waals surface area (Å²) in [5.41, 5.74) is 3.97. The highest BCUT2D eigenvalue weighted by atomic mass is 15.6. The molecule has 1 aromatic heterocycles. The molecule has 1 saturated heterocycles. The Morgan fingerprint density at radius 3 is 2.19 bits per heavy atom. The van der Waals surface area contributed by atoms with E-state index in [1.165, 1.54) is 17.1 Å². The summed E-state index contributed by atoms with van der Waals surface area (Å²) < 4.78 is 0. The van der Waals surface area contributed by atoms with E-state index < -0.39 is 0 Å². The van der Waals surface area contributed by atoms with Crippen LogP contribution in [0.1, 0.15) is 40.3 Å². The van der Waals surface area contributed by atoms with Crippen LogP contribution in [0.3, 0.4) is 0 Å². The molecule has 1 unspecified atom stereocenters. The minimum absolute atomic E-state index is 0.130. The normalized spacial score (nSPS) is 26.8. The van der Waals surface area contributed by atoms with Gasteiger partial charge in [-0.3, -0.25) is 4.98 Å². The molecule has 16 heavy (non-hydrogen) atoms. The Kier molecular flexibility index (Phi) is 1.68. The molecule has 0 N–H and O–H groups in total. The van der Waals surface area contributed by atoms with E-state index in [0.717, 1.165) is 0 Å². The van der Waals surface area contributed by atoms with Gasteiger partial charge in [0.05, 0.1) is 17.6 Å². The molecule has 1 fully saturated rings. The van der Waals surface area contributed by atoms with Crippen LogP contribution in [-0.4, -0.2) is 17.3 Å². The van der Waals surface area contributed by atoms with Crippen LogP contribution in [0.15, 0.2) is 12.3 Å². The molecule has 2 bridgehead atoms. The molecule has 4 heterocycles. The monoisotopic (exact) mass is 217 g/mol. The predicted octanol–water partition coefficient (Wildman–Crippen LogP) is 2.71. The van der Waals surface area contributed by atoms with Crippen LogP contribution in [-0.2, 0) is 5.41 Å². The SMILES string of the molecule is CC1N2c3cnc(C(C)(C)C)cc3N1[C@H]2C. The lowest BCUT2D eigenvalue weighted by Crippen LogP contribution is -2.64. The summed E-state index contributed by atoms with van der Waals surface area (Å²) in [5.74, 6) is 0. The van der Waals surface area contributed by atoms with Gasteiger partial charge in [0.2, 0.25) is 0 Å². The highest BCUT2D eigenvalue weighted by Crippen LogP contribution is 2.50. The van der Waals surface area contributed by atoms with Gasteiger partial charge in [0, 0.05) is 11.1 Å². The summed E-state index contributed by atoms with van der Waals surface area (Å²) in [6, 6.07) is 2.26. The van der Waals surface area contributed by atoms with Crippen molar-refractivity contribution in [3.05, 3.63) is 18.0 Å². The zero-order valence-electron chi connectivity index (χ0n) is 10.7. The number of rotatable bonds is 0. The van der Waals surface area contributed by atoms with Gasteiger partial charge in [-0.25, -0.2) is 0 Å². The second kappa shape index (κ2) is 2.70. The molecule has 86 valence electrons. The Bertz CT molecular complexity index is 437. The molecule has 2 atom stereocenters. The molecular weight excluding hydrogens is 198 g/mol. The van der Waals surface area contributed by atoms with E-state index in [4.69, 9.17) is 0 Å². The van der Waals surface area contributed by atoms with Gasteiger partial charge in [0.15, 0.2) is 0 Å². The van der Waals surface area contributed by atoms with Crippen molar-refractivity contribution in [2.45, 2.75) is 52.4 Å². The summed E-state index contributed by atoms with van der Waals surface area (Å²) in [6.45, 7) is 11.1. The van der Waals surface area contributed by atoms with E-state index in [1.807, 2.05) is 6.20 Å². The Morgan fingerprint density at radius 2 is 1.62 bits per heavy atom. The average molecular weight is 217 g/mol. The minimum Gasteiger partial charge on any atom is -0.329 e. The van der Waals surface area contributed by atoms with Crippen molar-refractivity contribution >= 4 is 11.4 Å². The molecule has 3 nitrogen and oxygen atoms in total. The molecule has 0 aliphatic carbocycles. The topological polar surface area (TPSA) is 19.4 Å². The highest BCUT2D eigenvalue weighted by molar-refractivity contribution is 5.84. The first-order valence-electron chi connectivity index (χ1n) is 5.98. The maximum absolute atomic E-state index is 4.60. The third-order valence-electron chi connectivity index (χ3n) is 3.80. The lowest BCUT2D eigenvalue weighted by molar-refractivity contribution is 0.412. The van der Waals surface area contributed by atoms with Gasteiger partial charge in [-0.1, -0.05) is 20.8 Å². The smallest absolute Gasteiger partial charge is 0.103 e. The van der Waals surface area contributed by atoms with Gasteiger partial charge < -0.3 is 9.80 Å². The molecule has 0 amide bonds. The molecule has 0 spiro atoms. The molecule has 1 aromatic rings. The van der Waals surface area contributed by atoms with Crippen molar-refractivity contribution in [2.24, 2.45) is 0 Å². The zero-order valence-corrected chi connectivity index (χ0v) is 10.7. The molecule has 0 saturated carbocycles. The highest BCUT2D eigenvalue weighted by Gasteiger charge is 2.49. The largest absolute Gasteiger partial charge is 0.329 e. The quantitative estimate of drug-likeness (QED) is 0.666. The predicted molar refractivity (Wildman–Crippen MR) is 66.8 cm³/mol. The van der Waals surface area contributed by atoms with E-state index in [0.29, 0.717) is 12.3 Å². The van der Waals surface area contributed by atoms with E-state index in [1.54, 1.807) is 0 Å². The zero-order chi connectivity index (χ0) is 11.7. The third kappa shape index (κ3) is 1.01. The Hall–Kier alpha value is -1.25. The summed E-state index contributed by atoms with van der Waals surface area (Å²) >= 11 is 0. The summed E-state index contributed by atoms with van der Waals surface area (Å²) in [4.78, 5) is 9.49. The van der Waals surface area contributed by atoms with E-state index in [2.05, 4.69) is 55.5 Å². The number of hydrogen-bond donors (Lipinski definition) is 0. The van der Waals surface area contributed by atoms with Gasteiger partial charge in [-0.2, -0.15) is 0 Å². The van der Waals surface area contributed by atoms with E-state index in [-0.39, 0.29) is 5.41 Å². The minimum atomic E-state index is 0.130. The van der Waals surface area contributed by atoms with Crippen molar-refractivity contribution in [1.29, 1.82) is 0 Å². The Balaban J connectivity index is 2.08. The van der Waals surface area contributed by atoms with Crippen LogP contribution in [0.25, 0.3) is 0 Å². The standard InChI is InChI=1S/C13H19N3/c1-8-15-9(2)16(8)11-7-14-12(6-10(11)15)13(3,4)5/h6-9H,1-5H3/t8-,9?/m1/s1. The van der Waals surface area contributed by atoms with E-state index in [9.17, 15) is 0 Å². The fourth-order valence-corrected chi connectivity index (χ4v) is 2.88. The maximum Gasteiger partial charge on any atom is 0.103 e. The summed E-state index contributed by atoms with van der Waals surface area (Å²) in [6.07, 6.45) is 3.07. The van der Waals surface area contributed by atoms with Gasteiger partial charge >= 0.3 is 0 Å². The molecule has 0 aromatic carbocycles. The number of pyridine rings is 1. The van der Waals surface area contributed by atoms with Crippen LogP contribution in [0.5, 0.6) is 0 Å². The second-order valence-electron chi connectivity index (χ2n) is 5.89. The maximum atomic E-state index is 4.60. The first-order valence-corrected chi connectivity index (χ1v) is 5.98. The molecular formula is C13H19N3. The van der Waals surface area contributed by atoms with Crippen molar-refractivity contribution in [3.63, 3.8) is 0 Å². The van der Waals surface area contributed by atoms with Gasteiger partial charge in [0.25, 0.3) is 0 Å². The number of aromatic nitrogens is 1. The summed E-state index contributed by atoms with van der Waals surface area (Å²) in [7, 11) is 0. The lowest BCUT2D eigenvalue weighted by Gasteiger charge is -2.48. The first kappa shape index (κ1) is 9.94. The number of hydrogen-bond acceptors (Lipinski definition) is 3. The second-order valence-corrected chi connectivity index (χ2v) is 5.89. The Labute approximate surface area is 97.1 Å². The number of nitrogens with zero attached hydrogens (tertiary/aromatic N) is 3. The van der Waals surface area contributed by atoms with Crippen LogP contribution in [0.2, 0.25) is 0 Å². The number of anilines is 2. The molecule has 3 aliphatic rings. The Morgan fingerprint density at radius 1 is 1.06 bits per heavy atom. The van der Waals surface area contributed by atoms with Crippen LogP contribution < -0.4 is 9.80 Å². The third-order valence-corrected chi connectivity index (χ3v) is 3.80. The van der Waals surface area contributed by atoms with Crippen molar-refractivity contribution in [1.82, 2.24) is 4.98 Å². The molecule has 3 heteroatoms. The lowest BCUT2D eigenvalue weighted by atomic mass is 9.91. The van der Waals surface area contributed by atoms with Crippen molar-refractivity contribution in [3.8, 4) is 0 Å². The van der Waals surface area contributed by atoms with Crippen LogP contribution >= 0.6 is 0 Å². The first-order chi connectivity index (χ1) is 7.41. The molecule has 3 aliphatic heterocycles. The van der Waals surface area contributed by atoms with Gasteiger partial charge in [-0.05, 0) is 19.9 Å². The van der Waals surface area contributed by atoms with Crippen molar-refractivity contribution in [2.75, 3.05) is 9.80 Å². The van der Waals surface area contributed by atoms with Gasteiger partial charge in [-0.15, -0.1) is 0 Å². The van der Waals surface area contributed by atoms with E-state index >= 15 is 0 Å². The fraction of sp³-hybridized carbons (Fsp3) is 0.615. The van der Waals surface area contributed by atoms with Crippen molar-refractivity contribution < 1.29 is 0 Å².